The number of pyridine rings is 1. The predicted molar refractivity (Wildman–Crippen MR) is 135 cm³/mol. The molecule has 1 N–H and O–H groups in total. The highest BCUT2D eigenvalue weighted by molar-refractivity contribution is 5.65. The second-order valence-corrected chi connectivity index (χ2v) is 9.41. The molecule has 8 nitrogen and oxygen atoms in total. The highest BCUT2D eigenvalue weighted by atomic mass is 16.7. The molecule has 0 aliphatic carbocycles. The monoisotopic (exact) mass is 472 g/mol. The van der Waals surface area contributed by atoms with Crippen LogP contribution in [0.4, 0.5) is 0 Å². The molecular weight excluding hydrogens is 440 g/mol. The van der Waals surface area contributed by atoms with Crippen LogP contribution in [0.3, 0.4) is 0 Å². The van der Waals surface area contributed by atoms with E-state index in [0.717, 1.165) is 53.4 Å². The van der Waals surface area contributed by atoms with E-state index in [9.17, 15) is 4.79 Å². The summed E-state index contributed by atoms with van der Waals surface area (Å²) in [5.41, 5.74) is 3.56. The minimum atomic E-state index is -0.538. The quantitative estimate of drug-likeness (QED) is 0.253. The van der Waals surface area contributed by atoms with Crippen molar-refractivity contribution in [3.63, 3.8) is 0 Å². The van der Waals surface area contributed by atoms with Crippen LogP contribution in [0.15, 0.2) is 67.4 Å². The maximum atomic E-state index is 12.2. The zero-order valence-electron chi connectivity index (χ0n) is 20.7. The van der Waals surface area contributed by atoms with E-state index >= 15 is 0 Å². The van der Waals surface area contributed by atoms with Crippen molar-refractivity contribution in [2.75, 3.05) is 0 Å². The summed E-state index contributed by atoms with van der Waals surface area (Å²) in [6, 6.07) is 11.7. The third-order valence-corrected chi connectivity index (χ3v) is 5.55. The zero-order chi connectivity index (χ0) is 24.8. The SMILES string of the molecule is CCCn1c(-c2ccc(-c3ncc[nH]3)cc2)cnc1[C@H](Cc1ccncc1)N(C=O)OC(C)(C)C. The second kappa shape index (κ2) is 10.7. The van der Waals surface area contributed by atoms with Gasteiger partial charge < -0.3 is 9.55 Å². The van der Waals surface area contributed by atoms with Gasteiger partial charge in [0, 0.05) is 43.3 Å². The first kappa shape index (κ1) is 24.3. The summed E-state index contributed by atoms with van der Waals surface area (Å²) in [6.07, 6.45) is 11.2. The molecule has 0 spiro atoms. The molecule has 3 aromatic heterocycles. The number of carbonyl (C=O) groups excluding carboxylic acids is 1. The van der Waals surface area contributed by atoms with Gasteiger partial charge in [-0.1, -0.05) is 31.2 Å². The van der Waals surface area contributed by atoms with Gasteiger partial charge in [0.05, 0.1) is 17.5 Å². The number of hydroxylamine groups is 2. The number of amides is 1. The lowest BCUT2D eigenvalue weighted by Gasteiger charge is -2.33. The lowest BCUT2D eigenvalue weighted by molar-refractivity contribution is -0.234. The van der Waals surface area contributed by atoms with E-state index in [1.807, 2.05) is 57.4 Å². The number of rotatable bonds is 10. The molecule has 4 aromatic rings. The van der Waals surface area contributed by atoms with E-state index < -0.39 is 11.6 Å². The standard InChI is InChI=1S/C27H32N6O2/c1-5-16-32-24(21-6-8-22(9-7-21)25-29-14-15-30-25)18-31-26(32)23(17-20-10-12-28-13-11-20)33(19-34)35-27(2,3)4/h6-15,18-19,23H,5,16-17H2,1-4H3,(H,29,30)/t23-/m0/s1. The lowest BCUT2D eigenvalue weighted by Crippen LogP contribution is -2.38. The van der Waals surface area contributed by atoms with Crippen LogP contribution in [0.5, 0.6) is 0 Å². The summed E-state index contributed by atoms with van der Waals surface area (Å²) >= 11 is 0. The van der Waals surface area contributed by atoms with Gasteiger partial charge in [-0.15, -0.1) is 0 Å². The first-order valence-corrected chi connectivity index (χ1v) is 11.9. The number of nitrogens with zero attached hydrogens (tertiary/aromatic N) is 5. The highest BCUT2D eigenvalue weighted by Gasteiger charge is 2.30. The molecule has 1 atom stereocenters. The first-order chi connectivity index (χ1) is 16.9. The average Bonchev–Trinajstić information content (AvgIpc) is 3.52. The number of hydrogen-bond acceptors (Lipinski definition) is 5. The third-order valence-electron chi connectivity index (χ3n) is 5.55. The molecule has 0 unspecified atom stereocenters. The average molecular weight is 473 g/mol. The molecule has 1 aromatic carbocycles. The van der Waals surface area contributed by atoms with Crippen LogP contribution in [-0.4, -0.2) is 41.6 Å². The van der Waals surface area contributed by atoms with Crippen LogP contribution in [0.25, 0.3) is 22.6 Å². The third kappa shape index (κ3) is 5.84. The van der Waals surface area contributed by atoms with Crippen molar-refractivity contribution in [3.05, 3.63) is 78.8 Å². The smallest absolute Gasteiger partial charge is 0.234 e. The Morgan fingerprint density at radius 3 is 2.37 bits per heavy atom. The van der Waals surface area contributed by atoms with Crippen LogP contribution in [0.1, 0.15) is 51.5 Å². The van der Waals surface area contributed by atoms with Gasteiger partial charge in [-0.3, -0.25) is 14.6 Å². The summed E-state index contributed by atoms with van der Waals surface area (Å²) in [4.78, 5) is 34.7. The van der Waals surface area contributed by atoms with Crippen LogP contribution in [-0.2, 0) is 22.6 Å². The zero-order valence-corrected chi connectivity index (χ0v) is 20.7. The van der Waals surface area contributed by atoms with Crippen molar-refractivity contribution in [2.24, 2.45) is 0 Å². The fraction of sp³-hybridized carbons (Fsp3) is 0.333. The minimum absolute atomic E-state index is 0.406. The molecule has 0 bridgehead atoms. The largest absolute Gasteiger partial charge is 0.345 e. The van der Waals surface area contributed by atoms with Gasteiger partial charge in [0.2, 0.25) is 6.41 Å². The minimum Gasteiger partial charge on any atom is -0.345 e. The second-order valence-electron chi connectivity index (χ2n) is 9.41. The maximum absolute atomic E-state index is 12.2. The Morgan fingerprint density at radius 2 is 1.77 bits per heavy atom. The Hall–Kier alpha value is -3.78. The first-order valence-electron chi connectivity index (χ1n) is 11.9. The Bertz CT molecular complexity index is 1210. The van der Waals surface area contributed by atoms with Crippen LogP contribution >= 0.6 is 0 Å². The van der Waals surface area contributed by atoms with E-state index in [1.165, 1.54) is 5.06 Å². The van der Waals surface area contributed by atoms with Gasteiger partial charge in [-0.05, 0) is 50.5 Å². The van der Waals surface area contributed by atoms with Gasteiger partial charge in [-0.2, -0.15) is 0 Å². The van der Waals surface area contributed by atoms with Crippen LogP contribution < -0.4 is 0 Å². The van der Waals surface area contributed by atoms with E-state index in [0.29, 0.717) is 6.42 Å². The molecule has 0 aliphatic rings. The number of hydrogen-bond donors (Lipinski definition) is 1. The Balaban J connectivity index is 1.74. The van der Waals surface area contributed by atoms with Gasteiger partial charge in [0.15, 0.2) is 0 Å². The lowest BCUT2D eigenvalue weighted by atomic mass is 10.1. The summed E-state index contributed by atoms with van der Waals surface area (Å²) < 4.78 is 2.19. The summed E-state index contributed by atoms with van der Waals surface area (Å²) in [6.45, 7) is 8.68. The number of aromatic nitrogens is 5. The Labute approximate surface area is 206 Å². The summed E-state index contributed by atoms with van der Waals surface area (Å²) in [5.74, 6) is 1.61. The molecule has 0 aliphatic heterocycles. The molecular formula is C27H32N6O2. The molecule has 35 heavy (non-hydrogen) atoms. The predicted octanol–water partition coefficient (Wildman–Crippen LogP) is 5.22. The van der Waals surface area contributed by atoms with E-state index in [1.54, 1.807) is 18.6 Å². The highest BCUT2D eigenvalue weighted by Crippen LogP contribution is 2.31. The number of imidazole rings is 2. The van der Waals surface area contributed by atoms with Crippen molar-refractivity contribution in [3.8, 4) is 22.6 Å². The summed E-state index contributed by atoms with van der Waals surface area (Å²) in [5, 5.41) is 1.40. The molecule has 0 radical (unpaired) electrons. The van der Waals surface area contributed by atoms with E-state index in [-0.39, 0.29) is 0 Å². The van der Waals surface area contributed by atoms with Gasteiger partial charge in [-0.25, -0.2) is 15.0 Å². The topological polar surface area (TPSA) is 88.9 Å². The van der Waals surface area contributed by atoms with Gasteiger partial charge in [0.1, 0.15) is 17.7 Å². The molecule has 0 fully saturated rings. The molecule has 1 amide bonds. The van der Waals surface area contributed by atoms with Crippen molar-refractivity contribution in [1.29, 1.82) is 0 Å². The number of aromatic amines is 1. The molecule has 0 saturated heterocycles. The van der Waals surface area contributed by atoms with Crippen molar-refractivity contribution in [2.45, 2.75) is 58.7 Å². The number of benzene rings is 1. The van der Waals surface area contributed by atoms with Crippen LogP contribution in [0, 0.1) is 0 Å². The molecule has 4 rings (SSSR count). The molecule has 0 saturated carbocycles. The van der Waals surface area contributed by atoms with Crippen molar-refractivity contribution >= 4 is 6.41 Å². The molecule has 8 heteroatoms. The number of carbonyl (C=O) groups is 1. The fourth-order valence-corrected chi connectivity index (χ4v) is 4.08. The molecule has 182 valence electrons. The number of H-pyrrole nitrogens is 1. The van der Waals surface area contributed by atoms with Crippen LogP contribution in [0.2, 0.25) is 0 Å². The van der Waals surface area contributed by atoms with E-state index in [4.69, 9.17) is 9.82 Å². The molecule has 3 heterocycles. The van der Waals surface area contributed by atoms with Crippen molar-refractivity contribution in [1.82, 2.24) is 29.6 Å². The van der Waals surface area contributed by atoms with E-state index in [2.05, 4.69) is 38.6 Å². The number of nitrogens with one attached hydrogen (secondary N) is 1. The fourth-order valence-electron chi connectivity index (χ4n) is 4.08. The Morgan fingerprint density at radius 1 is 1.06 bits per heavy atom. The summed E-state index contributed by atoms with van der Waals surface area (Å²) in [7, 11) is 0. The maximum Gasteiger partial charge on any atom is 0.234 e. The Kier molecular flexibility index (Phi) is 7.41. The van der Waals surface area contributed by atoms with Gasteiger partial charge >= 0.3 is 0 Å². The van der Waals surface area contributed by atoms with Crippen molar-refractivity contribution < 1.29 is 9.63 Å². The van der Waals surface area contributed by atoms with Gasteiger partial charge in [0.25, 0.3) is 0 Å². The normalized spacial score (nSPS) is 12.5.